The maximum Gasteiger partial charge on any atom is 0.236 e. The Morgan fingerprint density at radius 3 is 2.00 bits per heavy atom. The molecule has 0 aliphatic heterocycles. The highest BCUT2D eigenvalue weighted by atomic mass is 28.4. The van der Waals surface area contributed by atoms with Crippen LogP contribution in [0.4, 0.5) is 0 Å². The van der Waals surface area contributed by atoms with Crippen molar-refractivity contribution in [2.45, 2.75) is 169 Å². The lowest BCUT2D eigenvalue weighted by Crippen LogP contribution is -2.49. The highest BCUT2D eigenvalue weighted by Gasteiger charge is 2.57. The highest BCUT2D eigenvalue weighted by molar-refractivity contribution is 6.74. The summed E-state index contributed by atoms with van der Waals surface area (Å²) in [5, 5.41) is 0.269. The Kier molecular flexibility index (Phi) is 11.6. The number of hydrogen-bond acceptors (Lipinski definition) is 4. The van der Waals surface area contributed by atoms with Gasteiger partial charge in [0.2, 0.25) is 5.91 Å². The van der Waals surface area contributed by atoms with E-state index in [9.17, 15) is 9.59 Å². The summed E-state index contributed by atoms with van der Waals surface area (Å²) >= 11 is 0. The molecule has 0 saturated heterocycles. The van der Waals surface area contributed by atoms with Crippen molar-refractivity contribution >= 4 is 28.3 Å². The maximum atomic E-state index is 13.3. The summed E-state index contributed by atoms with van der Waals surface area (Å²) in [5.74, 6) is 0.932. The number of carbonyl (C=O) groups is 2. The minimum Gasteiger partial charge on any atom is -0.413 e. The van der Waals surface area contributed by atoms with E-state index in [1.54, 1.807) is 30.6 Å². The van der Waals surface area contributed by atoms with Crippen LogP contribution in [0.5, 0.6) is 0 Å². The molecule has 4 fully saturated rings. The molecule has 4 unspecified atom stereocenters. The van der Waals surface area contributed by atoms with Crippen LogP contribution in [-0.4, -0.2) is 59.5 Å². The third-order valence-electron chi connectivity index (χ3n) is 14.3. The molecule has 0 radical (unpaired) electrons. The second-order valence-electron chi connectivity index (χ2n) is 20.6. The van der Waals surface area contributed by atoms with E-state index in [2.05, 4.69) is 113 Å². The minimum absolute atomic E-state index is 0.0146. The molecule has 4 aliphatic rings. The van der Waals surface area contributed by atoms with Crippen molar-refractivity contribution in [3.8, 4) is 0 Å². The lowest BCUT2D eigenvalue weighted by molar-refractivity contribution is -0.139. The van der Waals surface area contributed by atoms with Crippen LogP contribution in [0.15, 0.2) is 47.6 Å². The van der Waals surface area contributed by atoms with Gasteiger partial charge in [-0.1, -0.05) is 92.7 Å². The van der Waals surface area contributed by atoms with Gasteiger partial charge >= 0.3 is 0 Å². The second-order valence-corrected chi connectivity index (χ2v) is 30.1. The van der Waals surface area contributed by atoms with Crippen LogP contribution in [-0.2, 0) is 18.4 Å². The predicted octanol–water partition coefficient (Wildman–Crippen LogP) is 11.2. The molecular formula is C43H73NO4Si2. The number of hydrogen-bond donors (Lipinski definition) is 0. The van der Waals surface area contributed by atoms with Crippen LogP contribution in [0.3, 0.4) is 0 Å². The molecule has 0 spiro atoms. The standard InChI is InChI=1S/C43H73NO4Si2/c1-30-32(28-33(47-49(13,14)39(2,3)4)29-35(30)48-50(15,16)40(5,6)7)20-19-31-18-17-24-42(10)34(31)21-22-36(42)41(8,9)25-23-37(45)43(26-27-43)38(46)44(11)12/h19-20,23,25,33-36H,1,17-18,21-22,24,26-29H2,2-16H3/t33?,34?,35?,36?,42-/m0/s1. The van der Waals surface area contributed by atoms with E-state index in [1.165, 1.54) is 24.8 Å². The van der Waals surface area contributed by atoms with Gasteiger partial charge in [0.1, 0.15) is 5.41 Å². The number of ketones is 1. The molecule has 1 amide bonds. The number of rotatable bonds is 10. The van der Waals surface area contributed by atoms with Gasteiger partial charge in [-0.3, -0.25) is 9.59 Å². The first-order valence-corrected chi connectivity index (χ1v) is 25.4. The molecule has 0 heterocycles. The molecule has 50 heavy (non-hydrogen) atoms. The van der Waals surface area contributed by atoms with Crippen molar-refractivity contribution < 1.29 is 18.4 Å². The van der Waals surface area contributed by atoms with E-state index in [4.69, 9.17) is 8.85 Å². The van der Waals surface area contributed by atoms with E-state index >= 15 is 0 Å². The smallest absolute Gasteiger partial charge is 0.236 e. The van der Waals surface area contributed by atoms with Crippen LogP contribution in [0.1, 0.15) is 120 Å². The third kappa shape index (κ3) is 8.16. The third-order valence-corrected chi connectivity index (χ3v) is 23.3. The molecule has 0 aromatic rings. The summed E-state index contributed by atoms with van der Waals surface area (Å²) in [6, 6.07) is 0. The molecule has 282 valence electrons. The van der Waals surface area contributed by atoms with Crippen molar-refractivity contribution in [1.82, 2.24) is 4.90 Å². The molecular weight excluding hydrogens is 651 g/mol. The van der Waals surface area contributed by atoms with Gasteiger partial charge in [-0.2, -0.15) is 0 Å². The summed E-state index contributed by atoms with van der Waals surface area (Å²) in [5.41, 5.74) is 3.21. The average molecular weight is 724 g/mol. The van der Waals surface area contributed by atoms with Gasteiger partial charge in [0.05, 0.1) is 12.2 Å². The SMILES string of the molecule is C=C1C(=CC=C2CCC[C@@]3(C)C2CCC3C(C)(C)C=CC(=O)C2(C(=O)N(C)C)CC2)CC(O[Si](C)(C)C(C)(C)C)CC1O[Si](C)(C)C(C)(C)C. The van der Waals surface area contributed by atoms with E-state index in [0.29, 0.717) is 24.7 Å². The highest BCUT2D eigenvalue weighted by Crippen LogP contribution is 2.62. The topological polar surface area (TPSA) is 55.8 Å². The lowest BCUT2D eigenvalue weighted by atomic mass is 9.57. The Bertz CT molecular complexity index is 1410. The van der Waals surface area contributed by atoms with E-state index in [0.717, 1.165) is 31.3 Å². The molecule has 5 nitrogen and oxygen atoms in total. The van der Waals surface area contributed by atoms with Crippen LogP contribution >= 0.6 is 0 Å². The Hall–Kier alpha value is -1.55. The van der Waals surface area contributed by atoms with Gasteiger partial charge in [0.15, 0.2) is 22.4 Å². The van der Waals surface area contributed by atoms with Crippen molar-refractivity contribution in [2.24, 2.45) is 28.1 Å². The monoisotopic (exact) mass is 724 g/mol. The first kappa shape index (κ1) is 41.2. The number of allylic oxidation sites excluding steroid dienone is 5. The number of amides is 1. The molecule has 0 aromatic heterocycles. The molecule has 4 rings (SSSR count). The van der Waals surface area contributed by atoms with Gasteiger partial charge in [0, 0.05) is 20.5 Å². The van der Waals surface area contributed by atoms with Gasteiger partial charge in [-0.25, -0.2) is 0 Å². The zero-order valence-electron chi connectivity index (χ0n) is 34.8. The number of carbonyl (C=O) groups excluding carboxylic acids is 2. The Morgan fingerprint density at radius 1 is 0.880 bits per heavy atom. The van der Waals surface area contributed by atoms with Crippen molar-refractivity contribution in [1.29, 1.82) is 0 Å². The largest absolute Gasteiger partial charge is 0.413 e. The fourth-order valence-corrected chi connectivity index (χ4v) is 11.6. The minimum atomic E-state index is -2.02. The Balaban J connectivity index is 1.59. The molecule has 5 atom stereocenters. The van der Waals surface area contributed by atoms with Gasteiger partial charge in [0.25, 0.3) is 0 Å². The Morgan fingerprint density at radius 2 is 1.46 bits per heavy atom. The predicted molar refractivity (Wildman–Crippen MR) is 215 cm³/mol. The first-order chi connectivity index (χ1) is 22.7. The van der Waals surface area contributed by atoms with Crippen molar-refractivity contribution in [3.63, 3.8) is 0 Å². The van der Waals surface area contributed by atoms with Gasteiger partial charge in [-0.05, 0) is 128 Å². The quantitative estimate of drug-likeness (QED) is 0.128. The van der Waals surface area contributed by atoms with Crippen LogP contribution in [0, 0.1) is 28.1 Å². The molecule has 7 heteroatoms. The molecule has 0 aromatic carbocycles. The molecule has 0 bridgehead atoms. The lowest BCUT2D eigenvalue weighted by Gasteiger charge is -2.47. The van der Waals surface area contributed by atoms with Crippen LogP contribution in [0.25, 0.3) is 0 Å². The summed E-state index contributed by atoms with van der Waals surface area (Å²) < 4.78 is 14.2. The Labute approximate surface area is 309 Å². The van der Waals surface area contributed by atoms with E-state index in [1.807, 2.05) is 0 Å². The summed E-state index contributed by atoms with van der Waals surface area (Å²) in [6.45, 7) is 35.2. The molecule has 4 saturated carbocycles. The zero-order valence-corrected chi connectivity index (χ0v) is 36.8. The molecule has 4 aliphatic carbocycles. The second kappa shape index (κ2) is 14.0. The van der Waals surface area contributed by atoms with Crippen LogP contribution < -0.4 is 0 Å². The number of nitrogens with zero attached hydrogens (tertiary/aromatic N) is 1. The van der Waals surface area contributed by atoms with Crippen LogP contribution in [0.2, 0.25) is 36.3 Å². The summed E-state index contributed by atoms with van der Waals surface area (Å²) in [7, 11) is -0.493. The molecule has 0 N–H and O–H groups in total. The maximum absolute atomic E-state index is 13.3. The number of fused-ring (bicyclic) bond motifs is 1. The van der Waals surface area contributed by atoms with Gasteiger partial charge in [-0.15, -0.1) is 0 Å². The summed E-state index contributed by atoms with van der Waals surface area (Å²) in [4.78, 5) is 27.7. The fourth-order valence-electron chi connectivity index (χ4n) is 8.91. The first-order valence-electron chi connectivity index (χ1n) is 19.6. The van der Waals surface area contributed by atoms with Crippen molar-refractivity contribution in [2.75, 3.05) is 14.1 Å². The average Bonchev–Trinajstić information content (AvgIpc) is 3.70. The van der Waals surface area contributed by atoms with E-state index in [-0.39, 0.29) is 44.8 Å². The normalized spacial score (nSPS) is 31.0. The zero-order chi connectivity index (χ0) is 37.9. The summed E-state index contributed by atoms with van der Waals surface area (Å²) in [6.07, 6.45) is 17.8. The van der Waals surface area contributed by atoms with Crippen molar-refractivity contribution in [3.05, 3.63) is 47.6 Å². The van der Waals surface area contributed by atoms with E-state index < -0.39 is 22.0 Å². The van der Waals surface area contributed by atoms with Gasteiger partial charge < -0.3 is 13.8 Å². The fraction of sp³-hybridized carbons (Fsp3) is 0.767.